The van der Waals surface area contributed by atoms with Crippen molar-refractivity contribution in [3.8, 4) is 34.5 Å². The molecule has 0 amide bonds. The summed E-state index contributed by atoms with van der Waals surface area (Å²) < 4.78 is 32.6. The molecule has 0 bridgehead atoms. The number of ether oxygens (including phenoxy) is 6. The van der Waals surface area contributed by atoms with Crippen LogP contribution in [0.1, 0.15) is 24.0 Å². The molecule has 8 nitrogen and oxygen atoms in total. The molecule has 0 saturated carbocycles. The second-order valence-electron chi connectivity index (χ2n) is 6.11. The van der Waals surface area contributed by atoms with Crippen LogP contribution in [-0.4, -0.2) is 45.8 Å². The van der Waals surface area contributed by atoms with Crippen molar-refractivity contribution in [3.63, 3.8) is 0 Å². The third-order valence-electron chi connectivity index (χ3n) is 4.51. The third-order valence-corrected chi connectivity index (χ3v) is 4.51. The standard InChI is InChI=1S/C20H22O8/c1-11(12-5-17(23-2)20(25-4)18(6-12)24-3)13-7-15-16(28-10-27-15)8-14(13)26-9-19(21)22/h5-8,11H,9-10H2,1-4H3,(H,21,22). The zero-order chi connectivity index (χ0) is 20.3. The average molecular weight is 390 g/mol. The molecular weight excluding hydrogens is 368 g/mol. The molecule has 1 aliphatic heterocycles. The van der Waals surface area contributed by atoms with Crippen molar-refractivity contribution in [2.45, 2.75) is 12.8 Å². The molecule has 1 unspecified atom stereocenters. The number of carboxylic acid groups (broad SMARTS) is 1. The van der Waals surface area contributed by atoms with Crippen molar-refractivity contribution in [1.82, 2.24) is 0 Å². The van der Waals surface area contributed by atoms with Gasteiger partial charge < -0.3 is 33.5 Å². The van der Waals surface area contributed by atoms with Crippen molar-refractivity contribution in [3.05, 3.63) is 35.4 Å². The van der Waals surface area contributed by atoms with Gasteiger partial charge in [-0.1, -0.05) is 6.92 Å². The molecule has 0 aromatic heterocycles. The fourth-order valence-corrected chi connectivity index (χ4v) is 3.07. The van der Waals surface area contributed by atoms with Crippen LogP contribution in [0.4, 0.5) is 0 Å². The molecule has 2 aromatic rings. The van der Waals surface area contributed by atoms with Crippen molar-refractivity contribution < 1.29 is 38.3 Å². The van der Waals surface area contributed by atoms with E-state index in [9.17, 15) is 4.79 Å². The van der Waals surface area contributed by atoms with Gasteiger partial charge in [0, 0.05) is 17.5 Å². The van der Waals surface area contributed by atoms with E-state index >= 15 is 0 Å². The fraction of sp³-hybridized carbons (Fsp3) is 0.350. The van der Waals surface area contributed by atoms with E-state index in [-0.39, 0.29) is 12.7 Å². The van der Waals surface area contributed by atoms with E-state index in [0.717, 1.165) is 11.1 Å². The molecule has 8 heteroatoms. The van der Waals surface area contributed by atoms with Crippen LogP contribution >= 0.6 is 0 Å². The number of benzene rings is 2. The first-order valence-electron chi connectivity index (χ1n) is 8.56. The van der Waals surface area contributed by atoms with Gasteiger partial charge in [0.2, 0.25) is 12.5 Å². The molecule has 1 aliphatic rings. The van der Waals surface area contributed by atoms with Crippen LogP contribution in [-0.2, 0) is 4.79 Å². The highest BCUT2D eigenvalue weighted by atomic mass is 16.7. The number of hydrogen-bond donors (Lipinski definition) is 1. The van der Waals surface area contributed by atoms with Gasteiger partial charge in [-0.3, -0.25) is 0 Å². The Kier molecular flexibility index (Phi) is 5.67. The van der Waals surface area contributed by atoms with E-state index in [2.05, 4.69) is 0 Å². The van der Waals surface area contributed by atoms with E-state index in [1.165, 1.54) is 0 Å². The lowest BCUT2D eigenvalue weighted by molar-refractivity contribution is -0.139. The smallest absolute Gasteiger partial charge is 0.341 e. The molecule has 0 fully saturated rings. The van der Waals surface area contributed by atoms with E-state index in [0.29, 0.717) is 34.5 Å². The lowest BCUT2D eigenvalue weighted by Crippen LogP contribution is -2.11. The summed E-state index contributed by atoms with van der Waals surface area (Å²) >= 11 is 0. The van der Waals surface area contributed by atoms with E-state index in [1.54, 1.807) is 33.5 Å². The number of rotatable bonds is 8. The predicted octanol–water partition coefficient (Wildman–Crippen LogP) is 3.06. The molecule has 0 saturated heterocycles. The lowest BCUT2D eigenvalue weighted by Gasteiger charge is -2.20. The van der Waals surface area contributed by atoms with Crippen LogP contribution in [0.25, 0.3) is 0 Å². The Labute approximate surface area is 162 Å². The van der Waals surface area contributed by atoms with Gasteiger partial charge in [0.1, 0.15) is 5.75 Å². The van der Waals surface area contributed by atoms with Gasteiger partial charge in [0.05, 0.1) is 21.3 Å². The molecule has 0 radical (unpaired) electrons. The van der Waals surface area contributed by atoms with Gasteiger partial charge in [0.25, 0.3) is 0 Å². The molecule has 150 valence electrons. The van der Waals surface area contributed by atoms with Crippen LogP contribution in [0.5, 0.6) is 34.5 Å². The number of carboxylic acids is 1. The fourth-order valence-electron chi connectivity index (χ4n) is 3.07. The molecule has 3 rings (SSSR count). The quantitative estimate of drug-likeness (QED) is 0.735. The van der Waals surface area contributed by atoms with Crippen LogP contribution in [0.3, 0.4) is 0 Å². The number of methoxy groups -OCH3 is 3. The Balaban J connectivity index is 2.06. The molecule has 0 spiro atoms. The number of fused-ring (bicyclic) bond motifs is 1. The second kappa shape index (κ2) is 8.16. The van der Waals surface area contributed by atoms with Crippen LogP contribution in [0.2, 0.25) is 0 Å². The summed E-state index contributed by atoms with van der Waals surface area (Å²) in [5, 5.41) is 8.98. The van der Waals surface area contributed by atoms with E-state index in [4.69, 9.17) is 33.5 Å². The minimum atomic E-state index is -1.07. The van der Waals surface area contributed by atoms with Crippen LogP contribution in [0, 0.1) is 0 Å². The summed E-state index contributed by atoms with van der Waals surface area (Å²) in [6, 6.07) is 7.14. The summed E-state index contributed by atoms with van der Waals surface area (Å²) in [4.78, 5) is 11.0. The molecule has 1 atom stereocenters. The van der Waals surface area contributed by atoms with Crippen LogP contribution < -0.4 is 28.4 Å². The van der Waals surface area contributed by atoms with Crippen molar-refractivity contribution in [2.75, 3.05) is 34.7 Å². The first-order valence-corrected chi connectivity index (χ1v) is 8.56. The maximum Gasteiger partial charge on any atom is 0.341 e. The molecular formula is C20H22O8. The Morgan fingerprint density at radius 1 is 1.00 bits per heavy atom. The van der Waals surface area contributed by atoms with E-state index < -0.39 is 12.6 Å². The second-order valence-corrected chi connectivity index (χ2v) is 6.11. The Hall–Kier alpha value is -3.29. The molecule has 28 heavy (non-hydrogen) atoms. The highest BCUT2D eigenvalue weighted by Gasteiger charge is 2.24. The summed E-state index contributed by atoms with van der Waals surface area (Å²) in [7, 11) is 4.64. The molecule has 2 aromatic carbocycles. The van der Waals surface area contributed by atoms with Crippen molar-refractivity contribution in [1.29, 1.82) is 0 Å². The summed E-state index contributed by atoms with van der Waals surface area (Å²) in [6.45, 7) is 1.61. The predicted molar refractivity (Wildman–Crippen MR) is 99.3 cm³/mol. The minimum Gasteiger partial charge on any atom is -0.493 e. The number of aliphatic carboxylic acids is 1. The number of hydrogen-bond acceptors (Lipinski definition) is 7. The topological polar surface area (TPSA) is 92.7 Å². The minimum absolute atomic E-state index is 0.107. The lowest BCUT2D eigenvalue weighted by atomic mass is 9.91. The summed E-state index contributed by atoms with van der Waals surface area (Å²) in [6.07, 6.45) is 0. The van der Waals surface area contributed by atoms with E-state index in [1.807, 2.05) is 19.1 Å². The normalized spacial score (nSPS) is 13.0. The van der Waals surface area contributed by atoms with Gasteiger partial charge in [-0.25, -0.2) is 4.79 Å². The summed E-state index contributed by atoms with van der Waals surface area (Å²) in [5.74, 6) is 1.80. The SMILES string of the molecule is COc1cc(C(C)c2cc3c(cc2OCC(=O)O)OCO3)cc(OC)c1OC. The zero-order valence-electron chi connectivity index (χ0n) is 16.1. The molecule has 1 N–H and O–H groups in total. The van der Waals surface area contributed by atoms with Gasteiger partial charge in [-0.2, -0.15) is 0 Å². The maximum atomic E-state index is 11.0. The Morgan fingerprint density at radius 2 is 1.61 bits per heavy atom. The highest BCUT2D eigenvalue weighted by Crippen LogP contribution is 2.45. The van der Waals surface area contributed by atoms with Crippen molar-refractivity contribution >= 4 is 5.97 Å². The molecule has 0 aliphatic carbocycles. The van der Waals surface area contributed by atoms with Crippen molar-refractivity contribution in [2.24, 2.45) is 0 Å². The van der Waals surface area contributed by atoms with Gasteiger partial charge >= 0.3 is 5.97 Å². The Bertz CT molecular complexity index is 852. The Morgan fingerprint density at radius 3 is 2.14 bits per heavy atom. The van der Waals surface area contributed by atoms with Gasteiger partial charge in [-0.15, -0.1) is 0 Å². The monoisotopic (exact) mass is 390 g/mol. The third kappa shape index (κ3) is 3.71. The molecule has 1 heterocycles. The van der Waals surface area contributed by atoms with Crippen LogP contribution in [0.15, 0.2) is 24.3 Å². The largest absolute Gasteiger partial charge is 0.493 e. The number of carbonyl (C=O) groups is 1. The van der Waals surface area contributed by atoms with Gasteiger partial charge in [0.15, 0.2) is 29.6 Å². The average Bonchev–Trinajstić information content (AvgIpc) is 3.17. The van der Waals surface area contributed by atoms with Gasteiger partial charge in [-0.05, 0) is 23.8 Å². The first kappa shape index (κ1) is 19.5. The highest BCUT2D eigenvalue weighted by molar-refractivity contribution is 5.69. The summed E-state index contributed by atoms with van der Waals surface area (Å²) in [5.41, 5.74) is 1.62. The first-order chi connectivity index (χ1) is 13.5. The maximum absolute atomic E-state index is 11.0. The zero-order valence-corrected chi connectivity index (χ0v) is 16.1.